The standard InChI is InChI=1S/C26H31ClN4O4S/c27-23-11-10-22(36-23)25(33)28-15-19-16-31(26(34)35-19)18-8-9-21(30-12-4-1-5-13-30)20(14-18)29-24(32)17-6-2-3-7-17/h8-11,14,17,19H,1-7,12-13,15-16H2,(H,28,33)(H,29,32). The summed E-state index contributed by atoms with van der Waals surface area (Å²) >= 11 is 7.11. The van der Waals surface area contributed by atoms with E-state index in [1.54, 1.807) is 17.0 Å². The van der Waals surface area contributed by atoms with Crippen molar-refractivity contribution in [2.45, 2.75) is 51.0 Å². The van der Waals surface area contributed by atoms with E-state index in [4.69, 9.17) is 16.3 Å². The summed E-state index contributed by atoms with van der Waals surface area (Å²) in [4.78, 5) is 42.4. The Balaban J connectivity index is 1.29. The zero-order chi connectivity index (χ0) is 25.1. The summed E-state index contributed by atoms with van der Waals surface area (Å²) in [6.45, 7) is 2.42. The monoisotopic (exact) mass is 530 g/mol. The average Bonchev–Trinajstić information content (AvgIpc) is 3.65. The molecule has 1 aromatic heterocycles. The van der Waals surface area contributed by atoms with Crippen LogP contribution in [-0.4, -0.2) is 50.2 Å². The van der Waals surface area contributed by atoms with E-state index in [2.05, 4.69) is 15.5 Å². The minimum Gasteiger partial charge on any atom is -0.442 e. The third-order valence-corrected chi connectivity index (χ3v) is 8.36. The third-order valence-electron chi connectivity index (χ3n) is 7.13. The zero-order valence-electron chi connectivity index (χ0n) is 20.1. The fourth-order valence-electron chi connectivity index (χ4n) is 5.19. The Bertz CT molecular complexity index is 1130. The van der Waals surface area contributed by atoms with E-state index in [0.29, 0.717) is 21.4 Å². The van der Waals surface area contributed by atoms with Gasteiger partial charge in [0.25, 0.3) is 5.91 Å². The molecule has 0 radical (unpaired) electrons. The van der Waals surface area contributed by atoms with E-state index in [-0.39, 0.29) is 24.3 Å². The number of hydrogen-bond donors (Lipinski definition) is 2. The second kappa shape index (κ2) is 11.1. The fraction of sp³-hybridized carbons (Fsp3) is 0.500. The van der Waals surface area contributed by atoms with Crippen LogP contribution in [0.4, 0.5) is 21.9 Å². The Morgan fingerprint density at radius 2 is 1.83 bits per heavy atom. The Hall–Kier alpha value is -2.78. The molecule has 1 atom stereocenters. The van der Waals surface area contributed by atoms with Gasteiger partial charge in [0.15, 0.2) is 0 Å². The van der Waals surface area contributed by atoms with E-state index in [1.165, 1.54) is 17.8 Å². The van der Waals surface area contributed by atoms with Gasteiger partial charge in [0.1, 0.15) is 6.10 Å². The fourth-order valence-corrected chi connectivity index (χ4v) is 6.15. The van der Waals surface area contributed by atoms with Crippen LogP contribution in [0.1, 0.15) is 54.6 Å². The maximum absolute atomic E-state index is 13.0. The van der Waals surface area contributed by atoms with Gasteiger partial charge in [0.05, 0.1) is 33.7 Å². The summed E-state index contributed by atoms with van der Waals surface area (Å²) < 4.78 is 6.06. The molecule has 5 rings (SSSR count). The van der Waals surface area contributed by atoms with Gasteiger partial charge in [-0.25, -0.2) is 4.79 Å². The lowest BCUT2D eigenvalue weighted by Crippen LogP contribution is -2.34. The lowest BCUT2D eigenvalue weighted by molar-refractivity contribution is -0.119. The second-order valence-corrected chi connectivity index (χ2v) is 11.4. The van der Waals surface area contributed by atoms with Gasteiger partial charge in [0.2, 0.25) is 5.91 Å². The molecule has 3 amide bonds. The highest BCUT2D eigenvalue weighted by molar-refractivity contribution is 7.18. The molecule has 2 N–H and O–H groups in total. The Morgan fingerprint density at radius 1 is 1.06 bits per heavy atom. The first-order valence-electron chi connectivity index (χ1n) is 12.7. The molecule has 1 saturated carbocycles. The second-order valence-electron chi connectivity index (χ2n) is 9.65. The molecule has 3 fully saturated rings. The summed E-state index contributed by atoms with van der Waals surface area (Å²) in [6.07, 6.45) is 6.56. The van der Waals surface area contributed by atoms with E-state index in [9.17, 15) is 14.4 Å². The number of ether oxygens (including phenoxy) is 1. The first-order chi connectivity index (χ1) is 17.5. The van der Waals surface area contributed by atoms with Crippen LogP contribution in [-0.2, 0) is 9.53 Å². The van der Waals surface area contributed by atoms with E-state index in [1.807, 2.05) is 18.2 Å². The van der Waals surface area contributed by atoms with Gasteiger partial charge in [-0.15, -0.1) is 11.3 Å². The summed E-state index contributed by atoms with van der Waals surface area (Å²) in [5, 5.41) is 5.99. The van der Waals surface area contributed by atoms with Crippen molar-refractivity contribution in [1.82, 2.24) is 5.32 Å². The van der Waals surface area contributed by atoms with Crippen molar-refractivity contribution in [1.29, 1.82) is 0 Å². The first-order valence-corrected chi connectivity index (χ1v) is 13.9. The van der Waals surface area contributed by atoms with Crippen molar-refractivity contribution in [3.63, 3.8) is 0 Å². The van der Waals surface area contributed by atoms with Crippen LogP contribution in [0.2, 0.25) is 4.34 Å². The highest BCUT2D eigenvalue weighted by atomic mass is 35.5. The molecule has 10 heteroatoms. The number of thiophene rings is 1. The minimum absolute atomic E-state index is 0.0471. The molecule has 3 aliphatic rings. The van der Waals surface area contributed by atoms with Gasteiger partial charge >= 0.3 is 6.09 Å². The summed E-state index contributed by atoms with van der Waals surface area (Å²) in [7, 11) is 0. The van der Waals surface area contributed by atoms with Gasteiger partial charge in [0, 0.05) is 24.7 Å². The molecule has 192 valence electrons. The van der Waals surface area contributed by atoms with Gasteiger partial charge < -0.3 is 20.3 Å². The van der Waals surface area contributed by atoms with Crippen LogP contribution in [0.3, 0.4) is 0 Å². The number of benzene rings is 1. The van der Waals surface area contributed by atoms with Crippen LogP contribution >= 0.6 is 22.9 Å². The van der Waals surface area contributed by atoms with E-state index < -0.39 is 12.2 Å². The molecule has 8 nitrogen and oxygen atoms in total. The van der Waals surface area contributed by atoms with Crippen molar-refractivity contribution in [2.75, 3.05) is 41.3 Å². The van der Waals surface area contributed by atoms with Crippen LogP contribution in [0.15, 0.2) is 30.3 Å². The number of rotatable bonds is 7. The number of nitrogens with zero attached hydrogens (tertiary/aromatic N) is 2. The number of piperidine rings is 1. The molecule has 1 aliphatic carbocycles. The van der Waals surface area contributed by atoms with Crippen LogP contribution in [0, 0.1) is 5.92 Å². The van der Waals surface area contributed by atoms with E-state index in [0.717, 1.165) is 63.0 Å². The summed E-state index contributed by atoms with van der Waals surface area (Å²) in [5.41, 5.74) is 2.41. The number of carbonyl (C=O) groups excluding carboxylic acids is 3. The highest BCUT2D eigenvalue weighted by Crippen LogP contribution is 2.35. The quantitative estimate of drug-likeness (QED) is 0.508. The predicted molar refractivity (Wildman–Crippen MR) is 142 cm³/mol. The molecule has 2 aromatic rings. The predicted octanol–water partition coefficient (Wildman–Crippen LogP) is 5.28. The smallest absolute Gasteiger partial charge is 0.414 e. The number of hydrogen-bond acceptors (Lipinski definition) is 6. The lowest BCUT2D eigenvalue weighted by Gasteiger charge is -2.31. The molecule has 0 spiro atoms. The van der Waals surface area contributed by atoms with E-state index >= 15 is 0 Å². The molecule has 2 aliphatic heterocycles. The van der Waals surface area contributed by atoms with Crippen LogP contribution in [0.5, 0.6) is 0 Å². The number of halogens is 1. The Kier molecular flexibility index (Phi) is 7.67. The molecule has 0 bridgehead atoms. The Labute approximate surface area is 219 Å². The van der Waals surface area contributed by atoms with Gasteiger partial charge in [-0.05, 0) is 62.4 Å². The lowest BCUT2D eigenvalue weighted by atomic mass is 10.1. The maximum atomic E-state index is 13.0. The van der Waals surface area contributed by atoms with Crippen LogP contribution < -0.4 is 20.4 Å². The summed E-state index contributed by atoms with van der Waals surface area (Å²) in [6, 6.07) is 9.13. The van der Waals surface area contributed by atoms with Gasteiger partial charge in [-0.3, -0.25) is 14.5 Å². The average molecular weight is 531 g/mol. The van der Waals surface area contributed by atoms with Crippen molar-refractivity contribution in [3.05, 3.63) is 39.5 Å². The molecular weight excluding hydrogens is 500 g/mol. The van der Waals surface area contributed by atoms with Crippen molar-refractivity contribution in [2.24, 2.45) is 5.92 Å². The third kappa shape index (κ3) is 5.62. The zero-order valence-corrected chi connectivity index (χ0v) is 21.7. The van der Waals surface area contributed by atoms with Gasteiger partial charge in [-0.2, -0.15) is 0 Å². The van der Waals surface area contributed by atoms with Crippen molar-refractivity contribution >= 4 is 57.9 Å². The van der Waals surface area contributed by atoms with Crippen molar-refractivity contribution in [3.8, 4) is 0 Å². The van der Waals surface area contributed by atoms with Crippen molar-refractivity contribution < 1.29 is 19.1 Å². The number of amides is 3. The normalized spacial score (nSPS) is 20.5. The number of anilines is 3. The molecule has 1 aromatic carbocycles. The molecule has 2 saturated heterocycles. The summed E-state index contributed by atoms with van der Waals surface area (Å²) in [5.74, 6) is -0.142. The molecule has 1 unspecified atom stereocenters. The van der Waals surface area contributed by atoms with Gasteiger partial charge in [-0.1, -0.05) is 24.4 Å². The minimum atomic E-state index is -0.477. The largest absolute Gasteiger partial charge is 0.442 e. The maximum Gasteiger partial charge on any atom is 0.414 e. The van der Waals surface area contributed by atoms with Crippen LogP contribution in [0.25, 0.3) is 0 Å². The first kappa shape index (κ1) is 24.9. The number of carbonyl (C=O) groups is 3. The molecular formula is C26H31ClN4O4S. The topological polar surface area (TPSA) is 91.0 Å². The SMILES string of the molecule is O=C(NCC1CN(c2ccc(N3CCCCC3)c(NC(=O)C3CCCC3)c2)C(=O)O1)c1ccc(Cl)s1. The molecule has 36 heavy (non-hydrogen) atoms. The molecule has 3 heterocycles. The number of nitrogens with one attached hydrogen (secondary N) is 2. The number of cyclic esters (lactones) is 1. The Morgan fingerprint density at radius 3 is 2.56 bits per heavy atom. The highest BCUT2D eigenvalue weighted by Gasteiger charge is 2.33.